The molecule has 1 aliphatic rings. The molecule has 0 aromatic heterocycles. The lowest BCUT2D eigenvalue weighted by Crippen LogP contribution is -2.42. The second kappa shape index (κ2) is 10.1. The van der Waals surface area contributed by atoms with Crippen LogP contribution in [0.5, 0.6) is 0 Å². The molecule has 1 heterocycles. The van der Waals surface area contributed by atoms with E-state index in [-0.39, 0.29) is 0 Å². The number of esters is 2. The van der Waals surface area contributed by atoms with Gasteiger partial charge in [-0.1, -0.05) is 18.2 Å². The van der Waals surface area contributed by atoms with E-state index in [0.717, 1.165) is 19.1 Å². The first-order valence-corrected chi connectivity index (χ1v) is 10.7. The van der Waals surface area contributed by atoms with Crippen molar-refractivity contribution >= 4 is 33.2 Å². The predicted molar refractivity (Wildman–Crippen MR) is 100 cm³/mol. The molecule has 1 aromatic rings. The van der Waals surface area contributed by atoms with Crippen LogP contribution in [0.1, 0.15) is 18.4 Å². The lowest BCUT2D eigenvalue weighted by Gasteiger charge is -2.30. The maximum absolute atomic E-state index is 13.3. The number of carbonyl (C=O) groups is 2. The maximum Gasteiger partial charge on any atom is 0.501 e. The van der Waals surface area contributed by atoms with E-state index in [9.17, 15) is 57.5 Å². The fourth-order valence-corrected chi connectivity index (χ4v) is 4.04. The third-order valence-electron chi connectivity index (χ3n) is 4.45. The van der Waals surface area contributed by atoms with Crippen LogP contribution in [0.2, 0.25) is 0 Å². The van der Waals surface area contributed by atoms with Gasteiger partial charge in [-0.05, 0) is 18.6 Å². The van der Waals surface area contributed by atoms with Crippen molar-refractivity contribution in [2.75, 3.05) is 13.2 Å². The van der Waals surface area contributed by atoms with E-state index in [4.69, 9.17) is 0 Å². The molecule has 1 aromatic carbocycles. The molecule has 0 amide bonds. The van der Waals surface area contributed by atoms with Gasteiger partial charge in [0.15, 0.2) is 18.9 Å². The standard InChI is InChI=1S/C18H13F9N2O6S/c1-8-11(14(30)34-6-16(19,20)21)12(13(29-28-8)15(31)35-7-17(22,23)24)9-4-2-3-5-10(9)36(32,33)18(25,26)27/h2-5,11-12H,6-7H2,1H3. The number of hydrogen-bond donors (Lipinski definition) is 0. The number of halogens is 9. The van der Waals surface area contributed by atoms with Gasteiger partial charge in [0.2, 0.25) is 0 Å². The number of benzene rings is 1. The highest BCUT2D eigenvalue weighted by Gasteiger charge is 2.51. The average Bonchev–Trinajstić information content (AvgIpc) is 2.73. The Balaban J connectivity index is 2.71. The first kappa shape index (κ1) is 29.1. The zero-order valence-corrected chi connectivity index (χ0v) is 18.3. The van der Waals surface area contributed by atoms with Gasteiger partial charge in [-0.2, -0.15) is 44.6 Å². The van der Waals surface area contributed by atoms with Crippen LogP contribution >= 0.6 is 0 Å². The Kier molecular flexibility index (Phi) is 8.12. The van der Waals surface area contributed by atoms with Crippen molar-refractivity contribution in [3.8, 4) is 0 Å². The second-order valence-corrected chi connectivity index (χ2v) is 8.99. The number of nitrogens with zero attached hydrogens (tertiary/aromatic N) is 2. The van der Waals surface area contributed by atoms with Crippen molar-refractivity contribution in [2.45, 2.75) is 35.6 Å². The Morgan fingerprint density at radius 1 is 0.889 bits per heavy atom. The van der Waals surface area contributed by atoms with Crippen LogP contribution in [-0.4, -0.2) is 62.9 Å². The number of ether oxygens (including phenoxy) is 2. The summed E-state index contributed by atoms with van der Waals surface area (Å²) in [6.07, 6.45) is -10.1. The summed E-state index contributed by atoms with van der Waals surface area (Å²) in [7, 11) is -6.20. The van der Waals surface area contributed by atoms with Crippen LogP contribution in [0.25, 0.3) is 0 Å². The molecule has 1 aliphatic heterocycles. The van der Waals surface area contributed by atoms with Crippen LogP contribution in [0, 0.1) is 5.92 Å². The summed E-state index contributed by atoms with van der Waals surface area (Å²) in [5.74, 6) is -8.27. The van der Waals surface area contributed by atoms with E-state index in [1.807, 2.05) is 0 Å². The normalized spacial score (nSPS) is 19.3. The summed E-state index contributed by atoms with van der Waals surface area (Å²) in [4.78, 5) is 23.3. The summed E-state index contributed by atoms with van der Waals surface area (Å²) in [5, 5.41) is 6.56. The van der Waals surface area contributed by atoms with E-state index in [2.05, 4.69) is 19.7 Å². The molecule has 0 spiro atoms. The predicted octanol–water partition coefficient (Wildman–Crippen LogP) is 3.72. The van der Waals surface area contributed by atoms with E-state index < -0.39 is 86.6 Å². The van der Waals surface area contributed by atoms with Crippen molar-refractivity contribution < 1.29 is 67.0 Å². The number of hydrogen-bond acceptors (Lipinski definition) is 8. The molecular weight excluding hydrogens is 543 g/mol. The molecule has 0 N–H and O–H groups in total. The highest BCUT2D eigenvalue weighted by atomic mass is 32.2. The minimum atomic E-state index is -6.20. The Morgan fingerprint density at radius 3 is 1.94 bits per heavy atom. The first-order chi connectivity index (χ1) is 16.3. The fraction of sp³-hybridized carbons (Fsp3) is 0.444. The number of rotatable bonds is 6. The topological polar surface area (TPSA) is 111 Å². The Morgan fingerprint density at radius 2 is 1.42 bits per heavy atom. The molecule has 8 nitrogen and oxygen atoms in total. The summed E-state index contributed by atoms with van der Waals surface area (Å²) < 4.78 is 147. The summed E-state index contributed by atoms with van der Waals surface area (Å²) in [6.45, 7) is -3.46. The van der Waals surface area contributed by atoms with Crippen LogP contribution < -0.4 is 0 Å². The van der Waals surface area contributed by atoms with E-state index in [1.54, 1.807) is 0 Å². The first-order valence-electron chi connectivity index (χ1n) is 9.26. The van der Waals surface area contributed by atoms with Crippen LogP contribution in [0.4, 0.5) is 39.5 Å². The molecule has 2 atom stereocenters. The molecule has 0 saturated carbocycles. The minimum absolute atomic E-state index is 0.413. The molecule has 0 bridgehead atoms. The number of carbonyl (C=O) groups excluding carboxylic acids is 2. The Bertz CT molecular complexity index is 1190. The quantitative estimate of drug-likeness (QED) is 0.390. The third-order valence-corrected chi connectivity index (χ3v) is 6.01. The summed E-state index contributed by atoms with van der Waals surface area (Å²) in [5.41, 5.74) is -8.73. The smallest absolute Gasteiger partial charge is 0.456 e. The van der Waals surface area contributed by atoms with Crippen LogP contribution in [0.3, 0.4) is 0 Å². The lowest BCUT2D eigenvalue weighted by molar-refractivity contribution is -0.188. The van der Waals surface area contributed by atoms with Gasteiger partial charge in [-0.15, -0.1) is 5.10 Å². The molecule has 0 saturated heterocycles. The summed E-state index contributed by atoms with van der Waals surface area (Å²) in [6, 6.07) is 2.85. The van der Waals surface area contributed by atoms with Crippen molar-refractivity contribution in [1.82, 2.24) is 0 Å². The second-order valence-electron chi connectivity index (χ2n) is 7.08. The maximum atomic E-state index is 13.3. The van der Waals surface area contributed by atoms with Crippen molar-refractivity contribution in [1.29, 1.82) is 0 Å². The monoisotopic (exact) mass is 556 g/mol. The molecule has 2 unspecified atom stereocenters. The Labute approximate surface area is 195 Å². The average molecular weight is 556 g/mol. The van der Waals surface area contributed by atoms with Crippen molar-refractivity contribution in [3.05, 3.63) is 29.8 Å². The van der Waals surface area contributed by atoms with Gasteiger partial charge in [0.1, 0.15) is 5.92 Å². The number of sulfone groups is 1. The molecule has 0 radical (unpaired) electrons. The highest BCUT2D eigenvalue weighted by molar-refractivity contribution is 7.92. The Hall–Kier alpha value is -3.18. The van der Waals surface area contributed by atoms with Gasteiger partial charge in [0.05, 0.1) is 16.5 Å². The molecule has 0 fully saturated rings. The number of alkyl halides is 9. The molecule has 18 heteroatoms. The van der Waals surface area contributed by atoms with Gasteiger partial charge in [-0.25, -0.2) is 13.2 Å². The van der Waals surface area contributed by atoms with Crippen molar-refractivity contribution in [3.63, 3.8) is 0 Å². The SMILES string of the molecule is CC1=NN=C(C(=O)OCC(F)(F)F)C(c2ccccc2S(=O)(=O)C(F)(F)F)C1C(=O)OCC(F)(F)F. The van der Waals surface area contributed by atoms with Gasteiger partial charge in [-0.3, -0.25) is 4.79 Å². The zero-order valence-electron chi connectivity index (χ0n) is 17.5. The van der Waals surface area contributed by atoms with Gasteiger partial charge < -0.3 is 9.47 Å². The van der Waals surface area contributed by atoms with E-state index >= 15 is 0 Å². The highest BCUT2D eigenvalue weighted by Crippen LogP contribution is 2.40. The van der Waals surface area contributed by atoms with Crippen LogP contribution in [0.15, 0.2) is 39.4 Å². The van der Waals surface area contributed by atoms with Gasteiger partial charge >= 0.3 is 29.8 Å². The summed E-state index contributed by atoms with van der Waals surface area (Å²) >= 11 is 0. The van der Waals surface area contributed by atoms with Gasteiger partial charge in [0.25, 0.3) is 9.84 Å². The van der Waals surface area contributed by atoms with E-state index in [0.29, 0.717) is 12.1 Å². The van der Waals surface area contributed by atoms with Gasteiger partial charge in [0, 0.05) is 0 Å². The van der Waals surface area contributed by atoms with E-state index in [1.165, 1.54) is 0 Å². The third kappa shape index (κ3) is 6.73. The largest absolute Gasteiger partial charge is 0.501 e. The lowest BCUT2D eigenvalue weighted by atomic mass is 9.79. The molecule has 36 heavy (non-hydrogen) atoms. The molecule has 0 aliphatic carbocycles. The molecule has 200 valence electrons. The zero-order chi connectivity index (χ0) is 27.7. The van der Waals surface area contributed by atoms with Crippen LogP contribution in [-0.2, 0) is 28.9 Å². The molecule has 2 rings (SSSR count). The molecular formula is C18H13F9N2O6S. The minimum Gasteiger partial charge on any atom is -0.456 e. The fourth-order valence-electron chi connectivity index (χ4n) is 3.03. The van der Waals surface area contributed by atoms with Crippen molar-refractivity contribution in [2.24, 2.45) is 16.1 Å².